The molecule has 0 aliphatic heterocycles. The van der Waals surface area contributed by atoms with Crippen molar-refractivity contribution in [3.8, 4) is 11.6 Å². The van der Waals surface area contributed by atoms with Crippen molar-refractivity contribution in [3.05, 3.63) is 93.7 Å². The lowest BCUT2D eigenvalue weighted by Gasteiger charge is -2.37. The molecule has 1 aromatic heterocycles. The third-order valence-corrected chi connectivity index (χ3v) is 6.03. The Balaban J connectivity index is 1.66. The number of aromatic nitrogens is 1. The van der Waals surface area contributed by atoms with Crippen molar-refractivity contribution in [1.82, 2.24) is 10.3 Å². The Hall–Kier alpha value is -4.47. The van der Waals surface area contributed by atoms with Gasteiger partial charge in [0.2, 0.25) is 0 Å². The molecular weight excluding hydrogens is 490 g/mol. The van der Waals surface area contributed by atoms with E-state index in [4.69, 9.17) is 14.2 Å². The summed E-state index contributed by atoms with van der Waals surface area (Å²) in [5.74, 6) is -0.486. The Labute approximate surface area is 220 Å². The Morgan fingerprint density at radius 1 is 1.08 bits per heavy atom. The zero-order valence-corrected chi connectivity index (χ0v) is 21.4. The van der Waals surface area contributed by atoms with Gasteiger partial charge in [-0.2, -0.15) is 0 Å². The molecule has 0 saturated heterocycles. The number of pyridine rings is 1. The van der Waals surface area contributed by atoms with E-state index in [1.165, 1.54) is 18.3 Å². The highest BCUT2D eigenvalue weighted by molar-refractivity contribution is 5.87. The quantitative estimate of drug-likeness (QED) is 0.254. The van der Waals surface area contributed by atoms with Crippen LogP contribution in [-0.4, -0.2) is 33.1 Å². The second kappa shape index (κ2) is 10.9. The van der Waals surface area contributed by atoms with Crippen molar-refractivity contribution in [2.75, 3.05) is 0 Å². The monoisotopic (exact) mass is 519 g/mol. The third-order valence-electron chi connectivity index (χ3n) is 6.03. The van der Waals surface area contributed by atoms with E-state index in [0.717, 1.165) is 11.1 Å². The Morgan fingerprint density at radius 3 is 2.55 bits per heavy atom. The van der Waals surface area contributed by atoms with Crippen LogP contribution in [0.15, 0.2) is 66.9 Å². The van der Waals surface area contributed by atoms with Crippen LogP contribution in [0.5, 0.6) is 11.6 Å². The van der Waals surface area contributed by atoms with Gasteiger partial charge < -0.3 is 19.5 Å². The number of carbonyl (C=O) groups is 2. The topological polar surface area (TPSA) is 130 Å². The molecule has 10 nitrogen and oxygen atoms in total. The molecule has 198 valence electrons. The number of esters is 1. The summed E-state index contributed by atoms with van der Waals surface area (Å²) in [5.41, 5.74) is -0.209. The number of nitro groups is 1. The Morgan fingerprint density at radius 2 is 1.84 bits per heavy atom. The van der Waals surface area contributed by atoms with Gasteiger partial charge in [-0.3, -0.25) is 10.1 Å². The van der Waals surface area contributed by atoms with Gasteiger partial charge in [0.25, 0.3) is 5.88 Å². The van der Waals surface area contributed by atoms with Crippen LogP contribution in [0.2, 0.25) is 0 Å². The number of aryl methyl sites for hydroxylation is 1. The molecule has 3 aromatic rings. The molecule has 0 saturated carbocycles. The molecule has 1 heterocycles. The van der Waals surface area contributed by atoms with E-state index in [-0.39, 0.29) is 31.0 Å². The number of ether oxygens (including phenoxy) is 3. The molecule has 2 aromatic carbocycles. The number of amides is 1. The first-order valence-corrected chi connectivity index (χ1v) is 12.2. The maximum Gasteiger partial charge on any atom is 0.408 e. The number of alkyl carbamates (subject to hydrolysis) is 1. The molecule has 1 amide bonds. The number of nitrogens with one attached hydrogen (secondary N) is 1. The van der Waals surface area contributed by atoms with Crippen LogP contribution < -0.4 is 10.1 Å². The number of nitrogens with zero attached hydrogens (tertiary/aromatic N) is 2. The summed E-state index contributed by atoms with van der Waals surface area (Å²) in [6, 6.07) is 17.3. The second-order valence-electron chi connectivity index (χ2n) is 10.0. The van der Waals surface area contributed by atoms with Gasteiger partial charge in [-0.1, -0.05) is 42.5 Å². The standard InChI is InChI=1S/C28H29N3O7/c1-27(2,3)38-26(33)30-28(25(32)36-18-19-9-5-4-6-10-19)15-14-20-11-7-13-23(21(20)17-28)37-24-22(31(34)35)12-8-16-29-24/h4-13,16H,14-15,17-18H2,1-3H3,(H,30,33)/t28-/m1/s1. The van der Waals surface area contributed by atoms with Crippen molar-refractivity contribution < 1.29 is 28.7 Å². The largest absolute Gasteiger partial charge is 0.459 e. The minimum absolute atomic E-state index is 0.0303. The zero-order valence-electron chi connectivity index (χ0n) is 21.4. The number of rotatable bonds is 7. The van der Waals surface area contributed by atoms with Gasteiger partial charge in [0, 0.05) is 24.2 Å². The van der Waals surface area contributed by atoms with Gasteiger partial charge in [-0.05, 0) is 56.9 Å². The van der Waals surface area contributed by atoms with Crippen LogP contribution in [0.4, 0.5) is 10.5 Å². The molecule has 10 heteroatoms. The first-order chi connectivity index (χ1) is 18.1. The van der Waals surface area contributed by atoms with Crippen molar-refractivity contribution in [2.45, 2.75) is 57.8 Å². The summed E-state index contributed by atoms with van der Waals surface area (Å²) >= 11 is 0. The summed E-state index contributed by atoms with van der Waals surface area (Å²) in [5, 5.41) is 14.3. The highest BCUT2D eigenvalue weighted by atomic mass is 16.6. The lowest BCUT2D eigenvalue weighted by Crippen LogP contribution is -2.59. The van der Waals surface area contributed by atoms with Crippen LogP contribution in [0, 0.1) is 10.1 Å². The average Bonchev–Trinajstić information content (AvgIpc) is 2.87. The number of hydrogen-bond donors (Lipinski definition) is 1. The maximum atomic E-state index is 13.6. The van der Waals surface area contributed by atoms with Gasteiger partial charge in [0.05, 0.1) is 4.92 Å². The Bertz CT molecular complexity index is 1340. The normalized spacial score (nSPS) is 16.6. The highest BCUT2D eigenvalue weighted by Crippen LogP contribution is 2.39. The van der Waals surface area contributed by atoms with Crippen molar-refractivity contribution in [1.29, 1.82) is 0 Å². The Kier molecular flexibility index (Phi) is 7.61. The summed E-state index contributed by atoms with van der Waals surface area (Å²) in [7, 11) is 0. The summed E-state index contributed by atoms with van der Waals surface area (Å²) < 4.78 is 17.0. The van der Waals surface area contributed by atoms with Gasteiger partial charge in [0.15, 0.2) is 0 Å². The summed E-state index contributed by atoms with van der Waals surface area (Å²) in [6.07, 6.45) is 1.36. The fourth-order valence-corrected chi connectivity index (χ4v) is 4.28. The molecule has 4 rings (SSSR count). The van der Waals surface area contributed by atoms with Gasteiger partial charge >= 0.3 is 17.7 Å². The van der Waals surface area contributed by atoms with Crippen molar-refractivity contribution in [3.63, 3.8) is 0 Å². The van der Waals surface area contributed by atoms with Gasteiger partial charge in [-0.25, -0.2) is 14.6 Å². The van der Waals surface area contributed by atoms with Gasteiger partial charge in [-0.15, -0.1) is 0 Å². The SMILES string of the molecule is CC(C)(C)OC(=O)N[C@]1(C(=O)OCc2ccccc2)CCc2cccc(Oc3ncccc3[N+](=O)[O-])c2C1. The van der Waals surface area contributed by atoms with Crippen LogP contribution in [0.3, 0.4) is 0 Å². The predicted molar refractivity (Wildman–Crippen MR) is 138 cm³/mol. The van der Waals surface area contributed by atoms with Crippen LogP contribution in [-0.2, 0) is 33.7 Å². The molecule has 0 radical (unpaired) electrons. The highest BCUT2D eigenvalue weighted by Gasteiger charge is 2.46. The minimum atomic E-state index is -1.44. The first-order valence-electron chi connectivity index (χ1n) is 12.2. The zero-order chi connectivity index (χ0) is 27.3. The summed E-state index contributed by atoms with van der Waals surface area (Å²) in [6.45, 7) is 5.22. The number of hydrogen-bond acceptors (Lipinski definition) is 8. The van der Waals surface area contributed by atoms with Gasteiger partial charge in [0.1, 0.15) is 23.5 Å². The second-order valence-corrected chi connectivity index (χ2v) is 10.0. The predicted octanol–water partition coefficient (Wildman–Crippen LogP) is 5.28. The van der Waals surface area contributed by atoms with Crippen molar-refractivity contribution >= 4 is 17.7 Å². The fraction of sp³-hybridized carbons (Fsp3) is 0.321. The van der Waals surface area contributed by atoms with E-state index < -0.39 is 28.1 Å². The molecule has 1 N–H and O–H groups in total. The number of fused-ring (bicyclic) bond motifs is 1. The lowest BCUT2D eigenvalue weighted by atomic mass is 9.77. The molecule has 0 spiro atoms. The number of carbonyl (C=O) groups excluding carboxylic acids is 2. The average molecular weight is 520 g/mol. The lowest BCUT2D eigenvalue weighted by molar-refractivity contribution is -0.386. The molecule has 0 unspecified atom stereocenters. The van der Waals surface area contributed by atoms with E-state index in [2.05, 4.69) is 10.3 Å². The van der Waals surface area contributed by atoms with Crippen LogP contribution >= 0.6 is 0 Å². The summed E-state index contributed by atoms with van der Waals surface area (Å²) in [4.78, 5) is 41.4. The molecule has 0 bridgehead atoms. The van der Waals surface area contributed by atoms with E-state index in [9.17, 15) is 19.7 Å². The van der Waals surface area contributed by atoms with E-state index in [1.54, 1.807) is 32.9 Å². The molecule has 38 heavy (non-hydrogen) atoms. The molecule has 1 aliphatic carbocycles. The van der Waals surface area contributed by atoms with E-state index >= 15 is 0 Å². The van der Waals surface area contributed by atoms with Crippen LogP contribution in [0.1, 0.15) is 43.9 Å². The molecule has 0 fully saturated rings. The smallest absolute Gasteiger partial charge is 0.408 e. The van der Waals surface area contributed by atoms with E-state index in [1.807, 2.05) is 36.4 Å². The fourth-order valence-electron chi connectivity index (χ4n) is 4.28. The van der Waals surface area contributed by atoms with E-state index in [0.29, 0.717) is 17.7 Å². The molecular formula is C28H29N3O7. The number of benzene rings is 2. The first kappa shape index (κ1) is 26.6. The molecule has 1 aliphatic rings. The molecule has 1 atom stereocenters. The maximum absolute atomic E-state index is 13.6. The third kappa shape index (κ3) is 6.26. The minimum Gasteiger partial charge on any atom is -0.459 e. The van der Waals surface area contributed by atoms with Crippen molar-refractivity contribution in [2.24, 2.45) is 0 Å². The van der Waals surface area contributed by atoms with Crippen LogP contribution in [0.25, 0.3) is 0 Å².